The summed E-state index contributed by atoms with van der Waals surface area (Å²) in [6, 6.07) is 8.48. The van der Waals surface area contributed by atoms with Crippen LogP contribution >= 0.6 is 0 Å². The second kappa shape index (κ2) is 7.71. The Kier molecular flexibility index (Phi) is 6.15. The third kappa shape index (κ3) is 4.89. The smallest absolute Gasteiger partial charge is 0.191 e. The van der Waals surface area contributed by atoms with E-state index in [9.17, 15) is 0 Å². The Bertz CT molecular complexity index is 350. The maximum absolute atomic E-state index is 4.53. The van der Waals surface area contributed by atoms with Crippen molar-refractivity contribution in [3.05, 3.63) is 35.4 Å². The first kappa shape index (κ1) is 13.6. The van der Waals surface area contributed by atoms with E-state index in [0.29, 0.717) is 0 Å². The van der Waals surface area contributed by atoms with Gasteiger partial charge in [0.05, 0.1) is 0 Å². The summed E-state index contributed by atoms with van der Waals surface area (Å²) in [6.07, 6.45) is 0.993. The van der Waals surface area contributed by atoms with Crippen LogP contribution < -0.4 is 10.6 Å². The van der Waals surface area contributed by atoms with E-state index in [1.807, 2.05) is 0 Å². The molecular weight excluding hydrogens is 210 g/mol. The highest BCUT2D eigenvalue weighted by Gasteiger charge is 1.97. The molecule has 1 aromatic carbocycles. The van der Waals surface area contributed by atoms with Gasteiger partial charge < -0.3 is 10.6 Å². The van der Waals surface area contributed by atoms with E-state index in [1.165, 1.54) is 11.1 Å². The van der Waals surface area contributed by atoms with Gasteiger partial charge in [0.25, 0.3) is 0 Å². The predicted octanol–water partition coefficient (Wildman–Crippen LogP) is 2.11. The molecule has 0 fully saturated rings. The molecule has 0 aliphatic rings. The van der Waals surface area contributed by atoms with Gasteiger partial charge in [-0.1, -0.05) is 24.3 Å². The fourth-order valence-corrected chi connectivity index (χ4v) is 1.69. The van der Waals surface area contributed by atoms with E-state index in [4.69, 9.17) is 0 Å². The van der Waals surface area contributed by atoms with Gasteiger partial charge in [0.1, 0.15) is 0 Å². The second-order valence-electron chi connectivity index (χ2n) is 3.97. The molecule has 94 valence electrons. The molecule has 0 spiro atoms. The zero-order valence-electron chi connectivity index (χ0n) is 11.1. The lowest BCUT2D eigenvalue weighted by atomic mass is 10.1. The van der Waals surface area contributed by atoms with Crippen LogP contribution in [0.25, 0.3) is 0 Å². The van der Waals surface area contributed by atoms with Crippen LogP contribution in [0, 0.1) is 6.92 Å². The molecule has 0 unspecified atom stereocenters. The molecule has 3 heteroatoms. The first-order valence-corrected chi connectivity index (χ1v) is 6.34. The van der Waals surface area contributed by atoms with Crippen molar-refractivity contribution in [2.24, 2.45) is 4.99 Å². The minimum Gasteiger partial charge on any atom is -0.357 e. The minimum absolute atomic E-state index is 0.820. The standard InChI is InChI=1S/C14H23N3/c1-4-15-14(16-5-2)17-11-10-13-9-7-6-8-12(13)3/h6-9H,4-5,10-11H2,1-3H3,(H2,15,16,17). The molecule has 0 aliphatic carbocycles. The third-order valence-corrected chi connectivity index (χ3v) is 2.60. The van der Waals surface area contributed by atoms with Crippen molar-refractivity contribution in [3.8, 4) is 0 Å². The molecule has 0 bridgehead atoms. The van der Waals surface area contributed by atoms with Crippen LogP contribution in [-0.4, -0.2) is 25.6 Å². The molecule has 0 saturated heterocycles. The van der Waals surface area contributed by atoms with Crippen molar-refractivity contribution in [1.82, 2.24) is 10.6 Å². The van der Waals surface area contributed by atoms with E-state index in [-0.39, 0.29) is 0 Å². The van der Waals surface area contributed by atoms with Gasteiger partial charge in [-0.15, -0.1) is 0 Å². The largest absolute Gasteiger partial charge is 0.357 e. The van der Waals surface area contributed by atoms with Crippen molar-refractivity contribution in [2.45, 2.75) is 27.2 Å². The minimum atomic E-state index is 0.820. The molecule has 0 aromatic heterocycles. The molecule has 0 atom stereocenters. The quantitative estimate of drug-likeness (QED) is 0.603. The molecule has 0 aliphatic heterocycles. The Morgan fingerprint density at radius 1 is 1.12 bits per heavy atom. The molecule has 0 saturated carbocycles. The lowest BCUT2D eigenvalue weighted by Gasteiger charge is -2.09. The maximum Gasteiger partial charge on any atom is 0.191 e. The summed E-state index contributed by atoms with van der Waals surface area (Å²) in [7, 11) is 0. The molecule has 0 heterocycles. The number of benzene rings is 1. The van der Waals surface area contributed by atoms with Crippen molar-refractivity contribution >= 4 is 5.96 Å². The topological polar surface area (TPSA) is 36.4 Å². The summed E-state index contributed by atoms with van der Waals surface area (Å²) in [4.78, 5) is 4.53. The number of nitrogens with one attached hydrogen (secondary N) is 2. The predicted molar refractivity (Wildman–Crippen MR) is 74.5 cm³/mol. The Balaban J connectivity index is 2.49. The number of aryl methyl sites for hydroxylation is 1. The Morgan fingerprint density at radius 2 is 1.76 bits per heavy atom. The Hall–Kier alpha value is -1.51. The third-order valence-electron chi connectivity index (χ3n) is 2.60. The van der Waals surface area contributed by atoms with E-state index in [0.717, 1.165) is 32.0 Å². The summed E-state index contributed by atoms with van der Waals surface area (Å²) in [5, 5.41) is 6.45. The summed E-state index contributed by atoms with van der Waals surface area (Å²) < 4.78 is 0. The summed E-state index contributed by atoms with van der Waals surface area (Å²) >= 11 is 0. The first-order valence-electron chi connectivity index (χ1n) is 6.34. The number of aliphatic imine (C=N–C) groups is 1. The van der Waals surface area contributed by atoms with Crippen LogP contribution in [0.2, 0.25) is 0 Å². The number of nitrogens with zero attached hydrogens (tertiary/aromatic N) is 1. The van der Waals surface area contributed by atoms with Crippen LogP contribution in [0.1, 0.15) is 25.0 Å². The number of hydrogen-bond acceptors (Lipinski definition) is 1. The van der Waals surface area contributed by atoms with Crippen LogP contribution in [0.5, 0.6) is 0 Å². The highest BCUT2D eigenvalue weighted by atomic mass is 15.2. The van der Waals surface area contributed by atoms with Gasteiger partial charge in [0, 0.05) is 19.6 Å². The normalized spacial score (nSPS) is 9.82. The fraction of sp³-hybridized carbons (Fsp3) is 0.500. The van der Waals surface area contributed by atoms with E-state index < -0.39 is 0 Å². The van der Waals surface area contributed by atoms with Gasteiger partial charge in [-0.05, 0) is 38.3 Å². The number of hydrogen-bond donors (Lipinski definition) is 2. The molecule has 3 nitrogen and oxygen atoms in total. The monoisotopic (exact) mass is 233 g/mol. The average Bonchev–Trinajstić information content (AvgIpc) is 2.32. The van der Waals surface area contributed by atoms with E-state index in [2.05, 4.69) is 60.7 Å². The zero-order valence-corrected chi connectivity index (χ0v) is 11.1. The second-order valence-corrected chi connectivity index (χ2v) is 3.97. The molecular formula is C14H23N3. The fourth-order valence-electron chi connectivity index (χ4n) is 1.69. The van der Waals surface area contributed by atoms with Gasteiger partial charge >= 0.3 is 0 Å². The molecule has 2 N–H and O–H groups in total. The zero-order chi connectivity index (χ0) is 12.5. The van der Waals surface area contributed by atoms with Crippen molar-refractivity contribution in [3.63, 3.8) is 0 Å². The highest BCUT2D eigenvalue weighted by molar-refractivity contribution is 5.79. The Morgan fingerprint density at radius 3 is 2.35 bits per heavy atom. The van der Waals surface area contributed by atoms with E-state index >= 15 is 0 Å². The lowest BCUT2D eigenvalue weighted by Crippen LogP contribution is -2.37. The molecule has 17 heavy (non-hydrogen) atoms. The van der Waals surface area contributed by atoms with Crippen LogP contribution in [0.3, 0.4) is 0 Å². The van der Waals surface area contributed by atoms with Crippen LogP contribution in [0.15, 0.2) is 29.3 Å². The SMILES string of the molecule is CCNC(=NCCc1ccccc1C)NCC. The van der Waals surface area contributed by atoms with Gasteiger partial charge in [0.2, 0.25) is 0 Å². The molecule has 0 amide bonds. The Labute approximate surface area is 104 Å². The maximum atomic E-state index is 4.53. The van der Waals surface area contributed by atoms with Crippen molar-refractivity contribution in [1.29, 1.82) is 0 Å². The van der Waals surface area contributed by atoms with Gasteiger partial charge in [-0.2, -0.15) is 0 Å². The average molecular weight is 233 g/mol. The van der Waals surface area contributed by atoms with Gasteiger partial charge in [-0.25, -0.2) is 0 Å². The van der Waals surface area contributed by atoms with Crippen LogP contribution in [0.4, 0.5) is 0 Å². The summed E-state index contributed by atoms with van der Waals surface area (Å²) in [5.74, 6) is 0.906. The van der Waals surface area contributed by atoms with Gasteiger partial charge in [-0.3, -0.25) is 4.99 Å². The van der Waals surface area contributed by atoms with Gasteiger partial charge in [0.15, 0.2) is 5.96 Å². The lowest BCUT2D eigenvalue weighted by molar-refractivity contribution is 0.832. The first-order chi connectivity index (χ1) is 8.27. The van der Waals surface area contributed by atoms with Crippen LogP contribution in [-0.2, 0) is 6.42 Å². The van der Waals surface area contributed by atoms with Crippen molar-refractivity contribution in [2.75, 3.05) is 19.6 Å². The highest BCUT2D eigenvalue weighted by Crippen LogP contribution is 2.07. The molecule has 1 rings (SSSR count). The summed E-state index contributed by atoms with van der Waals surface area (Å²) in [5.41, 5.74) is 2.72. The molecule has 1 aromatic rings. The number of guanidine groups is 1. The summed E-state index contributed by atoms with van der Waals surface area (Å²) in [6.45, 7) is 8.92. The molecule has 0 radical (unpaired) electrons. The van der Waals surface area contributed by atoms with Crippen molar-refractivity contribution < 1.29 is 0 Å². The van der Waals surface area contributed by atoms with E-state index in [1.54, 1.807) is 0 Å². The number of rotatable bonds is 5.